The van der Waals surface area contributed by atoms with Crippen LogP contribution in [0.3, 0.4) is 0 Å². The average Bonchev–Trinajstić information content (AvgIpc) is 2.76. The van der Waals surface area contributed by atoms with Crippen LogP contribution < -0.4 is 0 Å². The normalized spacial score (nSPS) is 13.6. The second-order valence-corrected chi connectivity index (χ2v) is 10.1. The van der Waals surface area contributed by atoms with Crippen LogP contribution in [0.25, 0.3) is 0 Å². The number of hydrogen-bond acceptors (Lipinski definition) is 1. The van der Waals surface area contributed by atoms with E-state index in [1.54, 1.807) is 0 Å². The second-order valence-electron chi connectivity index (χ2n) is 10.1. The van der Waals surface area contributed by atoms with E-state index in [0.717, 1.165) is 19.3 Å². The Kier molecular flexibility index (Phi) is 23.6. The molecule has 0 aromatic heterocycles. The molecule has 1 heteroatoms. The van der Waals surface area contributed by atoms with Crippen molar-refractivity contribution in [2.75, 3.05) is 0 Å². The highest BCUT2D eigenvalue weighted by molar-refractivity contribution is 4.76. The zero-order valence-electron chi connectivity index (χ0n) is 21.6. The van der Waals surface area contributed by atoms with Gasteiger partial charge in [0.1, 0.15) is 0 Å². The molecule has 0 bridgehead atoms. The standard InChI is InChI=1S/C29H60O/c1-4-7-9-11-13-15-17-18-20-22-24-26-28-29(30,6-3)27-25-23-21-19-16-14-12-10-8-5-2/h30H,4-28H2,1-3H3. The first kappa shape index (κ1) is 30.0. The van der Waals surface area contributed by atoms with Crippen molar-refractivity contribution >= 4 is 0 Å². The Bertz CT molecular complexity index is 313. The maximum absolute atomic E-state index is 10.9. The molecule has 0 fully saturated rings. The molecule has 0 aromatic carbocycles. The molecule has 0 aliphatic carbocycles. The van der Waals surface area contributed by atoms with Crippen LogP contribution in [0.5, 0.6) is 0 Å². The molecule has 0 saturated heterocycles. The average molecular weight is 425 g/mol. The summed E-state index contributed by atoms with van der Waals surface area (Å²) in [5, 5.41) is 10.9. The van der Waals surface area contributed by atoms with Crippen LogP contribution in [0, 0.1) is 0 Å². The molecule has 1 unspecified atom stereocenters. The van der Waals surface area contributed by atoms with Crippen molar-refractivity contribution in [3.05, 3.63) is 0 Å². The third-order valence-electron chi connectivity index (χ3n) is 7.15. The van der Waals surface area contributed by atoms with E-state index in [1.807, 2.05) is 0 Å². The predicted molar refractivity (Wildman–Crippen MR) is 137 cm³/mol. The van der Waals surface area contributed by atoms with Gasteiger partial charge in [0.25, 0.3) is 0 Å². The van der Waals surface area contributed by atoms with Gasteiger partial charge in [0, 0.05) is 0 Å². The Balaban J connectivity index is 3.45. The molecule has 0 aliphatic heterocycles. The summed E-state index contributed by atoms with van der Waals surface area (Å²) in [4.78, 5) is 0. The van der Waals surface area contributed by atoms with Gasteiger partial charge in [-0.25, -0.2) is 0 Å². The largest absolute Gasteiger partial charge is 0.390 e. The molecule has 0 saturated carbocycles. The van der Waals surface area contributed by atoms with E-state index in [-0.39, 0.29) is 5.60 Å². The summed E-state index contributed by atoms with van der Waals surface area (Å²) in [6.07, 6.45) is 33.5. The second kappa shape index (κ2) is 23.6. The van der Waals surface area contributed by atoms with Gasteiger partial charge >= 0.3 is 0 Å². The minimum atomic E-state index is -0.376. The van der Waals surface area contributed by atoms with Crippen molar-refractivity contribution in [1.82, 2.24) is 0 Å². The van der Waals surface area contributed by atoms with Gasteiger partial charge in [-0.3, -0.25) is 0 Å². The fourth-order valence-corrected chi connectivity index (χ4v) is 4.72. The molecular weight excluding hydrogens is 364 g/mol. The van der Waals surface area contributed by atoms with Gasteiger partial charge in [0.15, 0.2) is 0 Å². The Morgan fingerprint density at radius 3 is 0.833 bits per heavy atom. The maximum atomic E-state index is 10.9. The van der Waals surface area contributed by atoms with Crippen molar-refractivity contribution in [3.63, 3.8) is 0 Å². The van der Waals surface area contributed by atoms with E-state index in [9.17, 15) is 5.11 Å². The van der Waals surface area contributed by atoms with E-state index in [1.165, 1.54) is 141 Å². The zero-order chi connectivity index (χ0) is 22.2. The molecule has 1 atom stereocenters. The number of unbranched alkanes of at least 4 members (excludes halogenated alkanes) is 20. The molecule has 30 heavy (non-hydrogen) atoms. The first-order chi connectivity index (χ1) is 14.7. The topological polar surface area (TPSA) is 20.2 Å². The molecule has 0 heterocycles. The van der Waals surface area contributed by atoms with Gasteiger partial charge in [0.2, 0.25) is 0 Å². The third kappa shape index (κ3) is 21.2. The lowest BCUT2D eigenvalue weighted by Gasteiger charge is -2.27. The summed E-state index contributed by atoms with van der Waals surface area (Å²) in [7, 11) is 0. The van der Waals surface area contributed by atoms with Crippen molar-refractivity contribution in [3.8, 4) is 0 Å². The van der Waals surface area contributed by atoms with E-state index < -0.39 is 0 Å². The van der Waals surface area contributed by atoms with Gasteiger partial charge in [-0.1, -0.05) is 162 Å². The first-order valence-electron chi connectivity index (χ1n) is 14.4. The Labute approximate surface area is 192 Å². The van der Waals surface area contributed by atoms with Crippen molar-refractivity contribution in [2.45, 2.75) is 187 Å². The fraction of sp³-hybridized carbons (Fsp3) is 1.00. The SMILES string of the molecule is CCCCCCCCCCCCCCC(O)(CC)CCCCCCCCCCCC. The quantitative estimate of drug-likeness (QED) is 0.144. The summed E-state index contributed by atoms with van der Waals surface area (Å²) >= 11 is 0. The van der Waals surface area contributed by atoms with Gasteiger partial charge in [0.05, 0.1) is 5.60 Å². The smallest absolute Gasteiger partial charge is 0.0645 e. The van der Waals surface area contributed by atoms with Crippen molar-refractivity contribution in [1.29, 1.82) is 0 Å². The molecule has 0 rings (SSSR count). The van der Waals surface area contributed by atoms with Crippen LogP contribution in [0.1, 0.15) is 181 Å². The van der Waals surface area contributed by atoms with Crippen LogP contribution in [-0.2, 0) is 0 Å². The van der Waals surface area contributed by atoms with Gasteiger partial charge in [-0.15, -0.1) is 0 Å². The number of rotatable bonds is 25. The molecule has 0 aliphatic rings. The van der Waals surface area contributed by atoms with Crippen molar-refractivity contribution < 1.29 is 5.11 Å². The highest BCUT2D eigenvalue weighted by Gasteiger charge is 2.23. The van der Waals surface area contributed by atoms with Crippen LogP contribution in [-0.4, -0.2) is 10.7 Å². The molecular formula is C29H60O. The van der Waals surface area contributed by atoms with E-state index >= 15 is 0 Å². The van der Waals surface area contributed by atoms with Crippen molar-refractivity contribution in [2.24, 2.45) is 0 Å². The summed E-state index contributed by atoms with van der Waals surface area (Å²) in [5.41, 5.74) is -0.376. The third-order valence-corrected chi connectivity index (χ3v) is 7.15. The molecule has 0 spiro atoms. The minimum absolute atomic E-state index is 0.376. The maximum Gasteiger partial charge on any atom is 0.0645 e. The molecule has 1 nitrogen and oxygen atoms in total. The molecule has 182 valence electrons. The lowest BCUT2D eigenvalue weighted by atomic mass is 9.87. The van der Waals surface area contributed by atoms with Crippen LogP contribution in [0.4, 0.5) is 0 Å². The Morgan fingerprint density at radius 1 is 0.367 bits per heavy atom. The Morgan fingerprint density at radius 2 is 0.600 bits per heavy atom. The summed E-state index contributed by atoms with van der Waals surface area (Å²) in [6, 6.07) is 0. The Hall–Kier alpha value is -0.0400. The summed E-state index contributed by atoms with van der Waals surface area (Å²) in [5.74, 6) is 0. The van der Waals surface area contributed by atoms with E-state index in [0.29, 0.717) is 0 Å². The molecule has 0 radical (unpaired) electrons. The first-order valence-corrected chi connectivity index (χ1v) is 14.4. The fourth-order valence-electron chi connectivity index (χ4n) is 4.72. The van der Waals surface area contributed by atoms with E-state index in [2.05, 4.69) is 20.8 Å². The van der Waals surface area contributed by atoms with Crippen LogP contribution in [0.2, 0.25) is 0 Å². The predicted octanol–water partition coefficient (Wildman–Crippen LogP) is 10.5. The number of aliphatic hydroxyl groups is 1. The van der Waals surface area contributed by atoms with Gasteiger partial charge in [-0.05, 0) is 19.3 Å². The lowest BCUT2D eigenvalue weighted by molar-refractivity contribution is 0.0140. The zero-order valence-corrected chi connectivity index (χ0v) is 21.6. The van der Waals surface area contributed by atoms with Gasteiger partial charge < -0.3 is 5.11 Å². The monoisotopic (exact) mass is 424 g/mol. The van der Waals surface area contributed by atoms with E-state index in [4.69, 9.17) is 0 Å². The summed E-state index contributed by atoms with van der Waals surface area (Å²) < 4.78 is 0. The molecule has 1 N–H and O–H groups in total. The molecule has 0 aromatic rings. The highest BCUT2D eigenvalue weighted by Crippen LogP contribution is 2.26. The number of hydrogen-bond donors (Lipinski definition) is 1. The van der Waals surface area contributed by atoms with Gasteiger partial charge in [-0.2, -0.15) is 0 Å². The lowest BCUT2D eigenvalue weighted by Crippen LogP contribution is -2.27. The van der Waals surface area contributed by atoms with Crippen LogP contribution >= 0.6 is 0 Å². The summed E-state index contributed by atoms with van der Waals surface area (Å²) in [6.45, 7) is 6.76. The highest BCUT2D eigenvalue weighted by atomic mass is 16.3. The van der Waals surface area contributed by atoms with Crippen LogP contribution in [0.15, 0.2) is 0 Å². The molecule has 0 amide bonds. The minimum Gasteiger partial charge on any atom is -0.390 e.